The quantitative estimate of drug-likeness (QED) is 0.758. The SMILES string of the molecule is COCC(=O)NCC(O)c1ccc(OC)cc1. The van der Waals surface area contributed by atoms with E-state index in [1.807, 2.05) is 0 Å². The molecular weight excluding hydrogens is 222 g/mol. The predicted octanol–water partition coefficient (Wildman–Crippen LogP) is 0.491. The van der Waals surface area contributed by atoms with Crippen LogP contribution in [0.25, 0.3) is 0 Å². The topological polar surface area (TPSA) is 67.8 Å². The summed E-state index contributed by atoms with van der Waals surface area (Å²) in [5.41, 5.74) is 0.725. The van der Waals surface area contributed by atoms with Crippen LogP contribution in [0.15, 0.2) is 24.3 Å². The molecule has 1 amide bonds. The second kappa shape index (κ2) is 6.88. The number of rotatable bonds is 6. The van der Waals surface area contributed by atoms with E-state index in [1.165, 1.54) is 7.11 Å². The maximum Gasteiger partial charge on any atom is 0.246 e. The first kappa shape index (κ1) is 13.5. The van der Waals surface area contributed by atoms with E-state index in [0.717, 1.165) is 11.3 Å². The van der Waals surface area contributed by atoms with Crippen molar-refractivity contribution in [3.63, 3.8) is 0 Å². The van der Waals surface area contributed by atoms with Gasteiger partial charge in [0.05, 0.1) is 13.2 Å². The van der Waals surface area contributed by atoms with Gasteiger partial charge < -0.3 is 19.9 Å². The highest BCUT2D eigenvalue weighted by molar-refractivity contribution is 5.77. The molecule has 1 rings (SSSR count). The number of hydrogen-bond donors (Lipinski definition) is 2. The molecule has 0 aliphatic heterocycles. The first-order valence-corrected chi connectivity index (χ1v) is 5.25. The fourth-order valence-corrected chi connectivity index (χ4v) is 1.34. The van der Waals surface area contributed by atoms with Crippen LogP contribution >= 0.6 is 0 Å². The van der Waals surface area contributed by atoms with Gasteiger partial charge in [0.15, 0.2) is 0 Å². The Hall–Kier alpha value is -1.59. The van der Waals surface area contributed by atoms with Crippen molar-refractivity contribution in [2.45, 2.75) is 6.10 Å². The van der Waals surface area contributed by atoms with Crippen LogP contribution in [0.3, 0.4) is 0 Å². The minimum Gasteiger partial charge on any atom is -0.497 e. The molecule has 1 unspecified atom stereocenters. The summed E-state index contributed by atoms with van der Waals surface area (Å²) < 4.78 is 9.67. The number of methoxy groups -OCH3 is 2. The molecule has 1 aromatic rings. The van der Waals surface area contributed by atoms with Gasteiger partial charge in [-0.15, -0.1) is 0 Å². The van der Waals surface area contributed by atoms with E-state index in [0.29, 0.717) is 0 Å². The average molecular weight is 239 g/mol. The summed E-state index contributed by atoms with van der Waals surface area (Å²) in [6, 6.07) is 7.03. The molecule has 0 aliphatic carbocycles. The van der Waals surface area contributed by atoms with E-state index in [-0.39, 0.29) is 19.1 Å². The number of ether oxygens (including phenoxy) is 2. The molecule has 0 bridgehead atoms. The van der Waals surface area contributed by atoms with Gasteiger partial charge >= 0.3 is 0 Å². The fraction of sp³-hybridized carbons (Fsp3) is 0.417. The lowest BCUT2D eigenvalue weighted by atomic mass is 10.1. The Morgan fingerprint density at radius 2 is 2.00 bits per heavy atom. The first-order chi connectivity index (χ1) is 8.17. The van der Waals surface area contributed by atoms with Gasteiger partial charge in [-0.3, -0.25) is 4.79 Å². The van der Waals surface area contributed by atoms with Gasteiger partial charge in [-0.25, -0.2) is 0 Å². The molecule has 17 heavy (non-hydrogen) atoms. The van der Waals surface area contributed by atoms with Gasteiger partial charge in [0, 0.05) is 13.7 Å². The smallest absolute Gasteiger partial charge is 0.246 e. The number of benzene rings is 1. The van der Waals surface area contributed by atoms with E-state index in [1.54, 1.807) is 31.4 Å². The van der Waals surface area contributed by atoms with Crippen LogP contribution in [0.1, 0.15) is 11.7 Å². The fourth-order valence-electron chi connectivity index (χ4n) is 1.34. The number of nitrogens with one attached hydrogen (secondary N) is 1. The minimum atomic E-state index is -0.735. The zero-order valence-corrected chi connectivity index (χ0v) is 9.97. The Morgan fingerprint density at radius 3 is 2.53 bits per heavy atom. The van der Waals surface area contributed by atoms with Crippen molar-refractivity contribution in [1.82, 2.24) is 5.32 Å². The molecular formula is C12H17NO4. The summed E-state index contributed by atoms with van der Waals surface area (Å²) in [7, 11) is 3.02. The first-order valence-electron chi connectivity index (χ1n) is 5.25. The number of carbonyl (C=O) groups is 1. The molecule has 94 valence electrons. The number of carbonyl (C=O) groups excluding carboxylic acids is 1. The molecule has 0 fully saturated rings. The lowest BCUT2D eigenvalue weighted by molar-refractivity contribution is -0.125. The standard InChI is InChI=1S/C12H17NO4/c1-16-8-12(15)13-7-11(14)9-3-5-10(17-2)6-4-9/h3-6,11,14H,7-8H2,1-2H3,(H,13,15). The third-order valence-corrected chi connectivity index (χ3v) is 2.27. The van der Waals surface area contributed by atoms with Crippen LogP contribution in [0.4, 0.5) is 0 Å². The summed E-state index contributed by atoms with van der Waals surface area (Å²) in [5.74, 6) is 0.476. The normalized spacial score (nSPS) is 11.9. The van der Waals surface area contributed by atoms with Gasteiger partial charge in [-0.1, -0.05) is 12.1 Å². The lowest BCUT2D eigenvalue weighted by Crippen LogP contribution is -2.31. The predicted molar refractivity (Wildman–Crippen MR) is 62.8 cm³/mol. The second-order valence-electron chi connectivity index (χ2n) is 3.53. The molecule has 2 N–H and O–H groups in total. The highest BCUT2D eigenvalue weighted by atomic mass is 16.5. The molecule has 0 heterocycles. The van der Waals surface area contributed by atoms with Crippen molar-refractivity contribution in [1.29, 1.82) is 0 Å². The lowest BCUT2D eigenvalue weighted by Gasteiger charge is -2.12. The van der Waals surface area contributed by atoms with E-state index in [4.69, 9.17) is 4.74 Å². The molecule has 0 aliphatic rings. The monoisotopic (exact) mass is 239 g/mol. The zero-order chi connectivity index (χ0) is 12.7. The third-order valence-electron chi connectivity index (χ3n) is 2.27. The van der Waals surface area contributed by atoms with E-state index in [9.17, 15) is 9.90 Å². The van der Waals surface area contributed by atoms with Gasteiger partial charge in [0.1, 0.15) is 12.4 Å². The molecule has 1 atom stereocenters. The van der Waals surface area contributed by atoms with Gasteiger partial charge in [0.2, 0.25) is 5.91 Å². The van der Waals surface area contributed by atoms with Crippen molar-refractivity contribution >= 4 is 5.91 Å². The van der Waals surface area contributed by atoms with Crippen LogP contribution in [0, 0.1) is 0 Å². The molecule has 0 aromatic heterocycles. The zero-order valence-electron chi connectivity index (χ0n) is 9.97. The summed E-state index contributed by atoms with van der Waals surface area (Å²) in [6.07, 6.45) is -0.735. The number of amides is 1. The molecule has 0 saturated heterocycles. The highest BCUT2D eigenvalue weighted by Gasteiger charge is 2.09. The third kappa shape index (κ3) is 4.42. The molecule has 0 spiro atoms. The maximum absolute atomic E-state index is 11.1. The largest absolute Gasteiger partial charge is 0.497 e. The number of aliphatic hydroxyl groups excluding tert-OH is 1. The summed E-state index contributed by atoms with van der Waals surface area (Å²) in [6.45, 7) is 0.157. The van der Waals surface area contributed by atoms with Gasteiger partial charge in [-0.2, -0.15) is 0 Å². The summed E-state index contributed by atoms with van der Waals surface area (Å²) in [5, 5.41) is 12.4. The number of hydrogen-bond acceptors (Lipinski definition) is 4. The van der Waals surface area contributed by atoms with E-state index < -0.39 is 6.10 Å². The summed E-state index contributed by atoms with van der Waals surface area (Å²) in [4.78, 5) is 11.1. The van der Waals surface area contributed by atoms with Crippen molar-refractivity contribution in [3.05, 3.63) is 29.8 Å². The molecule has 1 aromatic carbocycles. The second-order valence-corrected chi connectivity index (χ2v) is 3.53. The maximum atomic E-state index is 11.1. The van der Waals surface area contributed by atoms with Crippen molar-refractivity contribution < 1.29 is 19.4 Å². The minimum absolute atomic E-state index is 0.00463. The van der Waals surface area contributed by atoms with Gasteiger partial charge in [0.25, 0.3) is 0 Å². The molecule has 0 radical (unpaired) electrons. The molecule has 5 nitrogen and oxygen atoms in total. The van der Waals surface area contributed by atoms with Crippen molar-refractivity contribution in [2.75, 3.05) is 27.4 Å². The highest BCUT2D eigenvalue weighted by Crippen LogP contribution is 2.16. The van der Waals surface area contributed by atoms with Crippen LogP contribution in [-0.4, -0.2) is 38.4 Å². The van der Waals surface area contributed by atoms with Crippen LogP contribution in [0.5, 0.6) is 5.75 Å². The average Bonchev–Trinajstić information content (AvgIpc) is 2.36. The molecule has 0 saturated carbocycles. The van der Waals surface area contributed by atoms with Crippen molar-refractivity contribution in [2.24, 2.45) is 0 Å². The van der Waals surface area contributed by atoms with Crippen molar-refractivity contribution in [3.8, 4) is 5.75 Å². The Kier molecular flexibility index (Phi) is 5.45. The Labute approximate surface area is 100 Å². The Morgan fingerprint density at radius 1 is 1.35 bits per heavy atom. The van der Waals surface area contributed by atoms with Crippen LogP contribution in [0.2, 0.25) is 0 Å². The number of aliphatic hydroxyl groups is 1. The van der Waals surface area contributed by atoms with Gasteiger partial charge in [-0.05, 0) is 17.7 Å². The molecule has 5 heteroatoms. The van der Waals surface area contributed by atoms with Crippen LogP contribution in [-0.2, 0) is 9.53 Å². The van der Waals surface area contributed by atoms with Crippen LogP contribution < -0.4 is 10.1 Å². The van der Waals surface area contributed by atoms with E-state index in [2.05, 4.69) is 10.1 Å². The van der Waals surface area contributed by atoms with E-state index >= 15 is 0 Å². The Balaban J connectivity index is 2.46. The summed E-state index contributed by atoms with van der Waals surface area (Å²) >= 11 is 0. The Bertz CT molecular complexity index is 350.